The maximum Gasteiger partial charge on any atom is 0.261 e. The highest BCUT2D eigenvalue weighted by Crippen LogP contribution is 2.19. The van der Waals surface area contributed by atoms with Gasteiger partial charge in [0, 0.05) is 16.7 Å². The van der Waals surface area contributed by atoms with Gasteiger partial charge in [0.15, 0.2) is 0 Å². The second-order valence-corrected chi connectivity index (χ2v) is 7.52. The van der Waals surface area contributed by atoms with Crippen molar-refractivity contribution >= 4 is 25.6 Å². The Hall–Kier alpha value is -1.14. The van der Waals surface area contributed by atoms with Crippen LogP contribution in [0.1, 0.15) is 49.9 Å². The van der Waals surface area contributed by atoms with Crippen molar-refractivity contribution in [1.29, 1.82) is 0 Å². The third-order valence-corrected chi connectivity index (χ3v) is 4.43. The Morgan fingerprint density at radius 3 is 2.62 bits per heavy atom. The lowest BCUT2D eigenvalue weighted by molar-refractivity contribution is 0.0933. The number of benzene rings is 1. The molecule has 0 radical (unpaired) electrons. The average Bonchev–Trinajstić information content (AvgIpc) is 2.37. The smallest absolute Gasteiger partial charge is 0.261 e. The van der Waals surface area contributed by atoms with E-state index in [-0.39, 0.29) is 16.5 Å². The Morgan fingerprint density at radius 2 is 2.05 bits per heavy atom. The molecule has 1 amide bonds. The normalized spacial score (nSPS) is 13.0. The zero-order chi connectivity index (χ0) is 16.0. The standard InChI is InChI=1S/C14H19ClFNO3S/c1-3-4-5-6-10(2)17-14(18)12-9-11(21(15,19)20)7-8-13(12)16/h7-10H,3-6H2,1-2H3,(H,17,18). The Kier molecular flexibility index (Phi) is 6.61. The summed E-state index contributed by atoms with van der Waals surface area (Å²) in [5.74, 6) is -1.42. The summed E-state index contributed by atoms with van der Waals surface area (Å²) in [6.45, 7) is 3.91. The Bertz CT molecular complexity index is 604. The lowest BCUT2D eigenvalue weighted by Gasteiger charge is -2.14. The van der Waals surface area contributed by atoms with E-state index in [1.165, 1.54) is 0 Å². The average molecular weight is 336 g/mol. The van der Waals surface area contributed by atoms with Gasteiger partial charge in [-0.25, -0.2) is 12.8 Å². The highest BCUT2D eigenvalue weighted by atomic mass is 35.7. The Morgan fingerprint density at radius 1 is 1.38 bits per heavy atom. The molecule has 118 valence electrons. The molecule has 0 saturated carbocycles. The molecule has 1 aromatic rings. The number of carbonyl (C=O) groups excluding carboxylic acids is 1. The molecule has 0 aliphatic heterocycles. The van der Waals surface area contributed by atoms with Crippen LogP contribution in [0.3, 0.4) is 0 Å². The highest BCUT2D eigenvalue weighted by molar-refractivity contribution is 8.13. The van der Waals surface area contributed by atoms with E-state index < -0.39 is 20.8 Å². The van der Waals surface area contributed by atoms with Crippen molar-refractivity contribution in [3.8, 4) is 0 Å². The first-order chi connectivity index (χ1) is 9.75. The van der Waals surface area contributed by atoms with Crippen molar-refractivity contribution in [1.82, 2.24) is 5.32 Å². The number of carbonyl (C=O) groups is 1. The number of nitrogens with one attached hydrogen (secondary N) is 1. The number of hydrogen-bond donors (Lipinski definition) is 1. The maximum atomic E-state index is 13.7. The minimum atomic E-state index is -4.00. The first-order valence-corrected chi connectivity index (χ1v) is 9.11. The molecule has 4 nitrogen and oxygen atoms in total. The fourth-order valence-electron chi connectivity index (χ4n) is 1.90. The largest absolute Gasteiger partial charge is 0.349 e. The predicted octanol–water partition coefficient (Wildman–Crippen LogP) is 3.45. The van der Waals surface area contributed by atoms with E-state index in [1.54, 1.807) is 0 Å². The molecule has 0 aliphatic rings. The summed E-state index contributed by atoms with van der Waals surface area (Å²) >= 11 is 0. The van der Waals surface area contributed by atoms with E-state index in [0.29, 0.717) is 0 Å². The molecular weight excluding hydrogens is 317 g/mol. The van der Waals surface area contributed by atoms with Crippen LogP contribution >= 0.6 is 10.7 Å². The fourth-order valence-corrected chi connectivity index (χ4v) is 2.68. The third-order valence-electron chi connectivity index (χ3n) is 3.08. The van der Waals surface area contributed by atoms with Crippen LogP contribution in [0.25, 0.3) is 0 Å². The van der Waals surface area contributed by atoms with Gasteiger partial charge < -0.3 is 5.32 Å². The number of halogens is 2. The van der Waals surface area contributed by atoms with Crippen LogP contribution in [-0.2, 0) is 9.05 Å². The Labute approximate surface area is 129 Å². The topological polar surface area (TPSA) is 63.2 Å². The number of hydrogen-bond acceptors (Lipinski definition) is 3. The first kappa shape index (κ1) is 17.9. The van der Waals surface area contributed by atoms with Crippen LogP contribution in [0.4, 0.5) is 4.39 Å². The van der Waals surface area contributed by atoms with Crippen molar-refractivity contribution < 1.29 is 17.6 Å². The van der Waals surface area contributed by atoms with Crippen LogP contribution in [-0.4, -0.2) is 20.4 Å². The van der Waals surface area contributed by atoms with Crippen LogP contribution in [0.15, 0.2) is 23.1 Å². The second-order valence-electron chi connectivity index (χ2n) is 4.95. The van der Waals surface area contributed by atoms with Crippen molar-refractivity contribution in [2.24, 2.45) is 0 Å². The minimum absolute atomic E-state index is 0.111. The zero-order valence-corrected chi connectivity index (χ0v) is 13.6. The summed E-state index contributed by atoms with van der Waals surface area (Å²) in [5, 5.41) is 2.66. The van der Waals surface area contributed by atoms with Crippen molar-refractivity contribution in [3.05, 3.63) is 29.6 Å². The van der Waals surface area contributed by atoms with Gasteiger partial charge in [0.1, 0.15) is 5.82 Å². The van der Waals surface area contributed by atoms with Gasteiger partial charge in [0.2, 0.25) is 0 Å². The summed E-state index contributed by atoms with van der Waals surface area (Å²) in [5.41, 5.74) is -0.320. The molecule has 1 unspecified atom stereocenters. The van der Waals surface area contributed by atoms with E-state index in [0.717, 1.165) is 43.9 Å². The van der Waals surface area contributed by atoms with E-state index >= 15 is 0 Å². The van der Waals surface area contributed by atoms with Crippen LogP contribution in [0.5, 0.6) is 0 Å². The SMILES string of the molecule is CCCCCC(C)NC(=O)c1cc(S(=O)(=O)Cl)ccc1F. The Balaban J connectivity index is 2.82. The van der Waals surface area contributed by atoms with Gasteiger partial charge in [-0.1, -0.05) is 26.2 Å². The lowest BCUT2D eigenvalue weighted by Crippen LogP contribution is -2.33. The molecule has 1 atom stereocenters. The molecule has 21 heavy (non-hydrogen) atoms. The van der Waals surface area contributed by atoms with Crippen molar-refractivity contribution in [2.45, 2.75) is 50.5 Å². The molecule has 7 heteroatoms. The predicted molar refractivity (Wildman–Crippen MR) is 80.5 cm³/mol. The molecule has 0 saturated heterocycles. The molecule has 0 fully saturated rings. The summed E-state index contributed by atoms with van der Waals surface area (Å²) in [4.78, 5) is 11.7. The van der Waals surface area contributed by atoms with Crippen LogP contribution in [0, 0.1) is 5.82 Å². The molecule has 0 spiro atoms. The maximum absolute atomic E-state index is 13.7. The number of rotatable bonds is 7. The lowest BCUT2D eigenvalue weighted by atomic mass is 10.1. The summed E-state index contributed by atoms with van der Waals surface area (Å²) in [7, 11) is 1.20. The second kappa shape index (κ2) is 7.75. The number of unbranched alkanes of at least 4 members (excludes halogenated alkanes) is 2. The van der Waals surface area contributed by atoms with E-state index in [2.05, 4.69) is 12.2 Å². The van der Waals surface area contributed by atoms with Gasteiger partial charge >= 0.3 is 0 Å². The van der Waals surface area contributed by atoms with Crippen LogP contribution in [0.2, 0.25) is 0 Å². The number of amides is 1. The highest BCUT2D eigenvalue weighted by Gasteiger charge is 2.18. The molecule has 1 aromatic carbocycles. The quantitative estimate of drug-likeness (QED) is 0.613. The fraction of sp³-hybridized carbons (Fsp3) is 0.500. The summed E-state index contributed by atoms with van der Waals surface area (Å²) < 4.78 is 36.1. The third kappa shape index (κ3) is 5.63. The van der Waals surface area contributed by atoms with Crippen molar-refractivity contribution in [2.75, 3.05) is 0 Å². The van der Waals surface area contributed by atoms with Gasteiger partial charge in [-0.05, 0) is 31.5 Å². The summed E-state index contributed by atoms with van der Waals surface area (Å²) in [6, 6.07) is 2.79. The van der Waals surface area contributed by atoms with Crippen molar-refractivity contribution in [3.63, 3.8) is 0 Å². The molecule has 1 N–H and O–H groups in total. The van der Waals surface area contributed by atoms with Gasteiger partial charge in [-0.15, -0.1) is 0 Å². The minimum Gasteiger partial charge on any atom is -0.349 e. The van der Waals surface area contributed by atoms with Gasteiger partial charge in [-0.3, -0.25) is 4.79 Å². The first-order valence-electron chi connectivity index (χ1n) is 6.80. The zero-order valence-electron chi connectivity index (χ0n) is 12.0. The molecule has 1 rings (SSSR count). The molecule has 0 aromatic heterocycles. The van der Waals surface area contributed by atoms with E-state index in [1.807, 2.05) is 6.92 Å². The van der Waals surface area contributed by atoms with Gasteiger partial charge in [0.25, 0.3) is 15.0 Å². The monoisotopic (exact) mass is 335 g/mol. The molecular formula is C14H19ClFNO3S. The van der Waals surface area contributed by atoms with E-state index in [9.17, 15) is 17.6 Å². The molecule has 0 heterocycles. The van der Waals surface area contributed by atoms with Crippen LogP contribution < -0.4 is 5.32 Å². The molecule has 0 aliphatic carbocycles. The molecule has 0 bridgehead atoms. The van der Waals surface area contributed by atoms with Gasteiger partial charge in [0.05, 0.1) is 10.5 Å². The van der Waals surface area contributed by atoms with E-state index in [4.69, 9.17) is 10.7 Å². The summed E-state index contributed by atoms with van der Waals surface area (Å²) in [6.07, 6.45) is 3.89. The van der Waals surface area contributed by atoms with Gasteiger partial charge in [-0.2, -0.15) is 0 Å².